The van der Waals surface area contributed by atoms with E-state index in [9.17, 15) is 4.79 Å². The van der Waals surface area contributed by atoms with Gasteiger partial charge in [0.25, 0.3) is 0 Å². The van der Waals surface area contributed by atoms with Gasteiger partial charge in [0.2, 0.25) is 5.91 Å². The fourth-order valence-corrected chi connectivity index (χ4v) is 1.83. The molecule has 0 aliphatic rings. The van der Waals surface area contributed by atoms with Crippen LogP contribution in [0.2, 0.25) is 0 Å². The second-order valence-electron chi connectivity index (χ2n) is 4.42. The molecule has 0 aliphatic heterocycles. The number of aliphatic hydroxyl groups excluding tert-OH is 1. The Balaban J connectivity index is 1.90. The van der Waals surface area contributed by atoms with Crippen molar-refractivity contribution < 1.29 is 9.90 Å². The summed E-state index contributed by atoms with van der Waals surface area (Å²) in [6, 6.07) is 13.3. The smallest absolute Gasteiger partial charge is 0.225 e. The lowest BCUT2D eigenvalue weighted by Crippen LogP contribution is -2.13. The fraction of sp³-hybridized carbons (Fsp3) is 0.176. The number of nitrogens with one attached hydrogen (secondary N) is 1. The lowest BCUT2D eigenvalue weighted by molar-refractivity contribution is -0.116. The number of rotatable bonds is 4. The predicted molar refractivity (Wildman–Crippen MR) is 81.6 cm³/mol. The Labute approximate surface area is 123 Å². The van der Waals surface area contributed by atoms with Gasteiger partial charge in [0, 0.05) is 18.2 Å². The zero-order chi connectivity index (χ0) is 14.9. The molecule has 2 aromatic rings. The second-order valence-corrected chi connectivity index (χ2v) is 4.42. The van der Waals surface area contributed by atoms with Crippen molar-refractivity contribution in [2.24, 2.45) is 0 Å². The van der Waals surface area contributed by atoms with E-state index in [1.165, 1.54) is 0 Å². The van der Waals surface area contributed by atoms with Crippen LogP contribution < -0.4 is 5.32 Å². The minimum Gasteiger partial charge on any atom is -0.384 e. The van der Waals surface area contributed by atoms with Gasteiger partial charge in [-0.1, -0.05) is 42.2 Å². The molecule has 0 saturated heterocycles. The normalized spacial score (nSPS) is 9.57. The number of benzene rings is 1. The molecule has 0 aliphatic carbocycles. The van der Waals surface area contributed by atoms with E-state index in [-0.39, 0.29) is 12.5 Å². The van der Waals surface area contributed by atoms with E-state index in [1.54, 1.807) is 18.3 Å². The number of nitrogens with zero attached hydrogens (tertiary/aromatic N) is 1. The predicted octanol–water partition coefficient (Wildman–Crippen LogP) is 2.00. The van der Waals surface area contributed by atoms with E-state index in [0.29, 0.717) is 24.2 Å². The highest BCUT2D eigenvalue weighted by molar-refractivity contribution is 5.90. The molecule has 2 N–H and O–H groups in total. The molecule has 1 aromatic heterocycles. The van der Waals surface area contributed by atoms with Crippen molar-refractivity contribution in [3.8, 4) is 11.8 Å². The first-order valence-corrected chi connectivity index (χ1v) is 6.67. The second kappa shape index (κ2) is 7.83. The Bertz CT molecular complexity index is 657. The molecule has 106 valence electrons. The highest BCUT2D eigenvalue weighted by Crippen LogP contribution is 2.08. The molecule has 0 unspecified atom stereocenters. The summed E-state index contributed by atoms with van der Waals surface area (Å²) in [7, 11) is 0. The van der Waals surface area contributed by atoms with Gasteiger partial charge < -0.3 is 10.4 Å². The zero-order valence-electron chi connectivity index (χ0n) is 11.5. The Kier molecular flexibility index (Phi) is 5.50. The van der Waals surface area contributed by atoms with Gasteiger partial charge in [-0.05, 0) is 24.1 Å². The van der Waals surface area contributed by atoms with E-state index in [2.05, 4.69) is 22.1 Å². The van der Waals surface area contributed by atoms with Crippen LogP contribution in [-0.2, 0) is 11.2 Å². The molecule has 4 nitrogen and oxygen atoms in total. The van der Waals surface area contributed by atoms with Crippen LogP contribution in [-0.4, -0.2) is 22.6 Å². The van der Waals surface area contributed by atoms with E-state index in [0.717, 1.165) is 5.56 Å². The van der Waals surface area contributed by atoms with E-state index < -0.39 is 0 Å². The summed E-state index contributed by atoms with van der Waals surface area (Å²) in [6.45, 7) is -0.193. The van der Waals surface area contributed by atoms with Crippen molar-refractivity contribution in [3.63, 3.8) is 0 Å². The van der Waals surface area contributed by atoms with Gasteiger partial charge in [-0.3, -0.25) is 4.79 Å². The Morgan fingerprint density at radius 3 is 2.81 bits per heavy atom. The molecule has 1 aromatic carbocycles. The van der Waals surface area contributed by atoms with Crippen LogP contribution in [0.4, 0.5) is 5.82 Å². The lowest BCUT2D eigenvalue weighted by atomic mass is 10.1. The van der Waals surface area contributed by atoms with Crippen LogP contribution in [0.5, 0.6) is 0 Å². The van der Waals surface area contributed by atoms with Gasteiger partial charge in [-0.25, -0.2) is 4.98 Å². The van der Waals surface area contributed by atoms with Crippen LogP contribution in [0.1, 0.15) is 17.5 Å². The third-order valence-electron chi connectivity index (χ3n) is 2.82. The molecular formula is C17H16N2O2. The minimum absolute atomic E-state index is 0.0846. The maximum Gasteiger partial charge on any atom is 0.225 e. The van der Waals surface area contributed by atoms with Crippen molar-refractivity contribution in [1.82, 2.24) is 4.98 Å². The highest BCUT2D eigenvalue weighted by Gasteiger charge is 2.04. The quantitative estimate of drug-likeness (QED) is 0.842. The molecule has 1 amide bonds. The molecule has 0 fully saturated rings. The Hall–Kier alpha value is -2.64. The van der Waals surface area contributed by atoms with Gasteiger partial charge in [-0.2, -0.15) is 0 Å². The average molecular weight is 280 g/mol. The monoisotopic (exact) mass is 280 g/mol. The summed E-state index contributed by atoms with van der Waals surface area (Å²) in [4.78, 5) is 16.0. The fourth-order valence-electron chi connectivity index (χ4n) is 1.83. The molecule has 21 heavy (non-hydrogen) atoms. The first-order chi connectivity index (χ1) is 10.3. The van der Waals surface area contributed by atoms with Crippen LogP contribution in [0.3, 0.4) is 0 Å². The van der Waals surface area contributed by atoms with Crippen molar-refractivity contribution in [3.05, 3.63) is 59.8 Å². The molecule has 4 heteroatoms. The summed E-state index contributed by atoms with van der Waals surface area (Å²) in [5.74, 6) is 5.72. The summed E-state index contributed by atoms with van der Waals surface area (Å²) in [5, 5.41) is 11.4. The number of anilines is 1. The number of carbonyl (C=O) groups excluding carboxylic acids is 1. The summed E-state index contributed by atoms with van der Waals surface area (Å²) >= 11 is 0. The highest BCUT2D eigenvalue weighted by atomic mass is 16.2. The third-order valence-corrected chi connectivity index (χ3v) is 2.82. The number of aromatic nitrogens is 1. The van der Waals surface area contributed by atoms with Gasteiger partial charge >= 0.3 is 0 Å². The number of hydrogen-bond acceptors (Lipinski definition) is 3. The molecule has 1 heterocycles. The van der Waals surface area contributed by atoms with E-state index in [4.69, 9.17) is 5.11 Å². The number of aliphatic hydroxyl groups is 1. The molecular weight excluding hydrogens is 264 g/mol. The topological polar surface area (TPSA) is 62.2 Å². The molecule has 0 atom stereocenters. The van der Waals surface area contributed by atoms with Gasteiger partial charge in [0.05, 0.1) is 0 Å². The number of hydrogen-bond donors (Lipinski definition) is 2. The average Bonchev–Trinajstić information content (AvgIpc) is 2.52. The Morgan fingerprint density at radius 2 is 2.05 bits per heavy atom. The van der Waals surface area contributed by atoms with Crippen LogP contribution in [0, 0.1) is 11.8 Å². The van der Waals surface area contributed by atoms with Crippen molar-refractivity contribution >= 4 is 11.7 Å². The number of aryl methyl sites for hydroxylation is 1. The van der Waals surface area contributed by atoms with Crippen molar-refractivity contribution in [2.45, 2.75) is 12.8 Å². The minimum atomic E-state index is -0.193. The largest absolute Gasteiger partial charge is 0.384 e. The van der Waals surface area contributed by atoms with Crippen molar-refractivity contribution in [1.29, 1.82) is 0 Å². The Morgan fingerprint density at radius 1 is 1.24 bits per heavy atom. The van der Waals surface area contributed by atoms with Crippen molar-refractivity contribution in [2.75, 3.05) is 11.9 Å². The maximum atomic E-state index is 11.9. The lowest BCUT2D eigenvalue weighted by Gasteiger charge is -2.05. The van der Waals surface area contributed by atoms with Gasteiger partial charge in [0.1, 0.15) is 12.4 Å². The first-order valence-electron chi connectivity index (χ1n) is 6.67. The first kappa shape index (κ1) is 14.8. The standard InChI is InChI=1S/C17H16N2O2/c20-12-4-7-15-10-11-18-16(13-15)19-17(21)9-8-14-5-2-1-3-6-14/h1-3,5-6,10-11,13,20H,8-9,12H2,(H,18,19,21). The molecule has 2 rings (SSSR count). The third kappa shape index (κ3) is 5.09. The molecule has 0 spiro atoms. The summed E-state index contributed by atoms with van der Waals surface area (Å²) in [5.41, 5.74) is 1.83. The van der Waals surface area contributed by atoms with Crippen LogP contribution >= 0.6 is 0 Å². The number of amides is 1. The van der Waals surface area contributed by atoms with Gasteiger partial charge in [0.15, 0.2) is 0 Å². The molecule has 0 radical (unpaired) electrons. The van der Waals surface area contributed by atoms with Gasteiger partial charge in [-0.15, -0.1) is 0 Å². The SMILES string of the molecule is O=C(CCc1ccccc1)Nc1cc(C#CCO)ccn1. The molecule has 0 bridgehead atoms. The van der Waals surface area contributed by atoms with Crippen LogP contribution in [0.15, 0.2) is 48.7 Å². The van der Waals surface area contributed by atoms with E-state index in [1.807, 2.05) is 30.3 Å². The maximum absolute atomic E-state index is 11.9. The zero-order valence-corrected chi connectivity index (χ0v) is 11.5. The summed E-state index contributed by atoms with van der Waals surface area (Å²) in [6.07, 6.45) is 2.67. The van der Waals surface area contributed by atoms with Crippen LogP contribution in [0.25, 0.3) is 0 Å². The number of carbonyl (C=O) groups is 1. The number of pyridine rings is 1. The summed E-state index contributed by atoms with van der Waals surface area (Å²) < 4.78 is 0. The van der Waals surface area contributed by atoms with E-state index >= 15 is 0 Å². The molecule has 0 saturated carbocycles.